The molecule has 3 rings (SSSR count). The summed E-state index contributed by atoms with van der Waals surface area (Å²) in [6.45, 7) is 8.49. The predicted octanol–water partition coefficient (Wildman–Crippen LogP) is 4.37. The molecular weight excluding hydrogens is 394 g/mol. The number of carboxylic acid groups (broad SMARTS) is 1. The Kier molecular flexibility index (Phi) is 5.88. The Morgan fingerprint density at radius 2 is 2.07 bits per heavy atom. The lowest BCUT2D eigenvalue weighted by Gasteiger charge is -2.13. The van der Waals surface area contributed by atoms with E-state index in [1.54, 1.807) is 0 Å². The third kappa shape index (κ3) is 4.33. The number of aryl methyl sites for hydroxylation is 1. The molecule has 0 saturated carbocycles. The van der Waals surface area contributed by atoms with Crippen LogP contribution in [-0.2, 0) is 16.0 Å². The fraction of sp³-hybridized carbons (Fsp3) is 0.143. The average molecular weight is 410 g/mol. The second-order valence-electron chi connectivity index (χ2n) is 6.50. The van der Waals surface area contributed by atoms with Gasteiger partial charge in [0, 0.05) is 29.0 Å². The number of benzene rings is 2. The van der Waals surface area contributed by atoms with E-state index in [0.29, 0.717) is 16.5 Å². The average Bonchev–Trinajstić information content (AvgIpc) is 3.10. The van der Waals surface area contributed by atoms with Crippen LogP contribution in [0.4, 0.5) is 20.3 Å². The number of hydrogen-bond acceptors (Lipinski definition) is 3. The topological polar surface area (TPSA) is 99.4 Å². The van der Waals surface area contributed by atoms with E-state index in [4.69, 9.17) is 11.7 Å². The molecule has 0 aliphatic carbocycles. The van der Waals surface area contributed by atoms with E-state index in [1.807, 2.05) is 0 Å². The van der Waals surface area contributed by atoms with Gasteiger partial charge in [0.25, 0.3) is 5.82 Å². The summed E-state index contributed by atoms with van der Waals surface area (Å²) in [4.78, 5) is 26.4. The maximum atomic E-state index is 14.3. The van der Waals surface area contributed by atoms with Gasteiger partial charge < -0.3 is 15.3 Å². The Bertz CT molecular complexity index is 1230. The maximum Gasteiger partial charge on any atom is 0.303 e. The highest BCUT2D eigenvalue weighted by Gasteiger charge is 2.14. The number of halogens is 2. The molecule has 30 heavy (non-hydrogen) atoms. The molecule has 0 aliphatic heterocycles. The van der Waals surface area contributed by atoms with Crippen molar-refractivity contribution in [3.63, 3.8) is 0 Å². The van der Waals surface area contributed by atoms with Gasteiger partial charge in [-0.15, -0.1) is 5.10 Å². The van der Waals surface area contributed by atoms with Crippen molar-refractivity contribution >= 4 is 40.4 Å². The Balaban J connectivity index is 1.84. The first-order valence-electron chi connectivity index (χ1n) is 8.84. The van der Waals surface area contributed by atoms with Gasteiger partial charge in [-0.05, 0) is 43.2 Å². The van der Waals surface area contributed by atoms with Crippen molar-refractivity contribution in [1.29, 1.82) is 0 Å². The van der Waals surface area contributed by atoms with E-state index in [9.17, 15) is 18.4 Å². The number of amides is 1. The van der Waals surface area contributed by atoms with Crippen molar-refractivity contribution in [2.24, 2.45) is 0 Å². The molecule has 0 spiro atoms. The van der Waals surface area contributed by atoms with Crippen molar-refractivity contribution in [3.8, 4) is 0 Å². The number of carbonyl (C=O) groups is 2. The van der Waals surface area contributed by atoms with Crippen molar-refractivity contribution in [2.45, 2.75) is 19.8 Å². The molecule has 9 heteroatoms. The van der Waals surface area contributed by atoms with Crippen LogP contribution in [0.15, 0.2) is 30.3 Å². The largest absolute Gasteiger partial charge is 0.481 e. The number of H-pyrrole nitrogens is 1. The summed E-state index contributed by atoms with van der Waals surface area (Å²) in [6.07, 6.45) is 2.26. The maximum absolute atomic E-state index is 14.3. The molecule has 152 valence electrons. The lowest BCUT2D eigenvalue weighted by Crippen LogP contribution is -2.13. The summed E-state index contributed by atoms with van der Waals surface area (Å²) >= 11 is 0. The summed E-state index contributed by atoms with van der Waals surface area (Å²) in [5.41, 5.74) is 1.31. The molecule has 3 N–H and O–H groups in total. The number of aromatic nitrogens is 2. The Hall–Kier alpha value is -4.06. The molecule has 0 unspecified atom stereocenters. The summed E-state index contributed by atoms with van der Waals surface area (Å²) in [5.74, 6) is -2.71. The van der Waals surface area contributed by atoms with Crippen LogP contribution >= 0.6 is 0 Å². The minimum absolute atomic E-state index is 0.0859. The number of nitrogens with zero attached hydrogens (tertiary/aromatic N) is 2. The molecule has 0 fully saturated rings. The second-order valence-corrected chi connectivity index (χ2v) is 6.50. The quantitative estimate of drug-likeness (QED) is 0.415. The van der Waals surface area contributed by atoms with Crippen LogP contribution in [0.2, 0.25) is 0 Å². The van der Waals surface area contributed by atoms with Gasteiger partial charge in [0.1, 0.15) is 17.2 Å². The summed E-state index contributed by atoms with van der Waals surface area (Å²) in [7, 11) is 0. The first-order chi connectivity index (χ1) is 14.3. The normalized spacial score (nSPS) is 11.0. The van der Waals surface area contributed by atoms with Crippen LogP contribution < -0.4 is 5.32 Å². The van der Waals surface area contributed by atoms with Crippen molar-refractivity contribution in [1.82, 2.24) is 10.2 Å². The van der Waals surface area contributed by atoms with E-state index in [-0.39, 0.29) is 35.5 Å². The number of aliphatic carboxylic acids is 1. The number of aromatic amines is 1. The standard InChI is InChI=1S/C21H16F2N4O3/c1-11-15(22)6-3-12(5-8-19(29)30)20(11)25-18(28)7-4-13-9-17-14(10-16(13)23)21(24-2)27-26-17/h3-4,6-7,9-10H,5,8H2,1H3,(H,25,28)(H,26,27)(H,29,30)/b7-4+. The molecule has 0 aliphatic rings. The summed E-state index contributed by atoms with van der Waals surface area (Å²) in [5, 5.41) is 18.2. The van der Waals surface area contributed by atoms with E-state index < -0.39 is 23.5 Å². The molecule has 0 radical (unpaired) electrons. The van der Waals surface area contributed by atoms with Crippen LogP contribution in [0, 0.1) is 25.1 Å². The zero-order valence-electron chi connectivity index (χ0n) is 15.8. The fourth-order valence-electron chi connectivity index (χ4n) is 2.94. The van der Waals surface area contributed by atoms with Gasteiger partial charge in [-0.2, -0.15) is 0 Å². The van der Waals surface area contributed by atoms with Gasteiger partial charge in [-0.25, -0.2) is 13.9 Å². The minimum Gasteiger partial charge on any atom is -0.481 e. The van der Waals surface area contributed by atoms with Gasteiger partial charge in [0.2, 0.25) is 5.91 Å². The number of carboxylic acids is 1. The van der Waals surface area contributed by atoms with Gasteiger partial charge in [-0.1, -0.05) is 12.6 Å². The molecule has 0 bridgehead atoms. The molecule has 1 aromatic heterocycles. The Morgan fingerprint density at radius 1 is 1.30 bits per heavy atom. The number of nitrogens with one attached hydrogen (secondary N) is 2. The Labute approximate surface area is 169 Å². The van der Waals surface area contributed by atoms with Crippen LogP contribution in [0.5, 0.6) is 0 Å². The van der Waals surface area contributed by atoms with Gasteiger partial charge in [-0.3, -0.25) is 9.59 Å². The van der Waals surface area contributed by atoms with Crippen LogP contribution in [-0.4, -0.2) is 27.2 Å². The summed E-state index contributed by atoms with van der Waals surface area (Å²) < 4.78 is 28.2. The van der Waals surface area contributed by atoms with Gasteiger partial charge in [0.15, 0.2) is 0 Å². The van der Waals surface area contributed by atoms with Gasteiger partial charge >= 0.3 is 5.97 Å². The highest BCUT2D eigenvalue weighted by molar-refractivity contribution is 6.03. The van der Waals surface area contributed by atoms with E-state index in [1.165, 1.54) is 31.2 Å². The lowest BCUT2D eigenvalue weighted by atomic mass is 10.0. The van der Waals surface area contributed by atoms with Crippen LogP contribution in [0.3, 0.4) is 0 Å². The minimum atomic E-state index is -1.01. The second kappa shape index (κ2) is 8.53. The molecule has 1 heterocycles. The zero-order valence-corrected chi connectivity index (χ0v) is 15.8. The monoisotopic (exact) mass is 410 g/mol. The number of rotatable bonds is 6. The SMILES string of the molecule is [C-]#[N+]c1[nH]nc2cc(/C=C/C(=O)Nc3c(CCC(=O)O)ccc(F)c3C)c(F)cc12. The Morgan fingerprint density at radius 3 is 2.77 bits per heavy atom. The van der Waals surface area contributed by atoms with Gasteiger partial charge in [0.05, 0.1) is 5.69 Å². The van der Waals surface area contributed by atoms with Crippen molar-refractivity contribution in [2.75, 3.05) is 5.32 Å². The number of fused-ring (bicyclic) bond motifs is 1. The van der Waals surface area contributed by atoms with E-state index in [0.717, 1.165) is 12.1 Å². The molecule has 0 atom stereocenters. The first-order valence-corrected chi connectivity index (χ1v) is 8.84. The summed E-state index contributed by atoms with van der Waals surface area (Å²) in [6, 6.07) is 5.18. The number of anilines is 1. The van der Waals surface area contributed by atoms with E-state index in [2.05, 4.69) is 20.4 Å². The zero-order chi connectivity index (χ0) is 21.8. The lowest BCUT2D eigenvalue weighted by molar-refractivity contribution is -0.136. The predicted molar refractivity (Wildman–Crippen MR) is 107 cm³/mol. The number of hydrogen-bond donors (Lipinski definition) is 3. The highest BCUT2D eigenvalue weighted by atomic mass is 19.1. The smallest absolute Gasteiger partial charge is 0.303 e. The molecule has 7 nitrogen and oxygen atoms in total. The van der Waals surface area contributed by atoms with Crippen molar-refractivity contribution in [3.05, 3.63) is 70.1 Å². The molecule has 3 aromatic rings. The van der Waals surface area contributed by atoms with Crippen LogP contribution in [0.25, 0.3) is 21.8 Å². The number of carbonyl (C=O) groups excluding carboxylic acids is 1. The molecule has 2 aromatic carbocycles. The third-order valence-corrected chi connectivity index (χ3v) is 4.52. The van der Waals surface area contributed by atoms with Crippen molar-refractivity contribution < 1.29 is 23.5 Å². The molecule has 1 amide bonds. The van der Waals surface area contributed by atoms with E-state index >= 15 is 0 Å². The molecule has 0 saturated heterocycles. The fourth-order valence-corrected chi connectivity index (χ4v) is 2.94. The first kappa shape index (κ1) is 20.7. The molecular formula is C21H16F2N4O3. The highest BCUT2D eigenvalue weighted by Crippen LogP contribution is 2.27. The van der Waals surface area contributed by atoms with Crippen LogP contribution in [0.1, 0.15) is 23.1 Å². The third-order valence-electron chi connectivity index (χ3n) is 4.52.